The van der Waals surface area contributed by atoms with Crippen LogP contribution >= 0.6 is 0 Å². The number of nitrogens with one attached hydrogen (secondary N) is 2. The van der Waals surface area contributed by atoms with Gasteiger partial charge in [0, 0.05) is 12.1 Å². The minimum Gasteiger partial charge on any atom is -0.318 e. The van der Waals surface area contributed by atoms with Gasteiger partial charge in [-0.05, 0) is 37.8 Å². The van der Waals surface area contributed by atoms with E-state index < -0.39 is 14.9 Å². The van der Waals surface area contributed by atoms with Gasteiger partial charge in [-0.3, -0.25) is 16.0 Å². The number of sulfonamides is 1. The first-order chi connectivity index (χ1) is 9.35. The second-order valence-electron chi connectivity index (χ2n) is 4.83. The Morgan fingerprint density at radius 3 is 2.60 bits per heavy atom. The van der Waals surface area contributed by atoms with Crippen molar-refractivity contribution in [2.24, 2.45) is 11.8 Å². The normalized spacial score (nSPS) is 16.7. The molecule has 0 radical (unpaired) electrons. The highest BCUT2D eigenvalue weighted by Crippen LogP contribution is 2.33. The fourth-order valence-electron chi connectivity index (χ4n) is 1.96. The Morgan fingerprint density at radius 2 is 2.10 bits per heavy atom. The third kappa shape index (κ3) is 3.06. The van der Waals surface area contributed by atoms with Crippen LogP contribution in [0.5, 0.6) is 0 Å². The number of rotatable bonds is 6. The van der Waals surface area contributed by atoms with Gasteiger partial charge in [0.15, 0.2) is 0 Å². The van der Waals surface area contributed by atoms with Crippen molar-refractivity contribution in [3.63, 3.8) is 0 Å². The van der Waals surface area contributed by atoms with Crippen LogP contribution in [-0.2, 0) is 10.0 Å². The van der Waals surface area contributed by atoms with Gasteiger partial charge >= 0.3 is 0 Å². The molecular formula is C11H16N4O4S. The van der Waals surface area contributed by atoms with E-state index in [2.05, 4.69) is 10.1 Å². The quantitative estimate of drug-likeness (QED) is 0.408. The predicted octanol–water partition coefficient (Wildman–Crippen LogP) is 0.957. The molecule has 9 heteroatoms. The zero-order chi connectivity index (χ0) is 14.9. The summed E-state index contributed by atoms with van der Waals surface area (Å²) < 4.78 is 26.9. The van der Waals surface area contributed by atoms with Crippen molar-refractivity contribution < 1.29 is 13.3 Å². The molecule has 0 spiro atoms. The van der Waals surface area contributed by atoms with Crippen molar-refractivity contribution in [1.82, 2.24) is 4.72 Å². The molecule has 1 saturated carbocycles. The third-order valence-electron chi connectivity index (χ3n) is 3.30. The summed E-state index contributed by atoms with van der Waals surface area (Å²) in [6, 6.07) is 3.32. The van der Waals surface area contributed by atoms with E-state index in [4.69, 9.17) is 5.84 Å². The molecule has 1 aliphatic carbocycles. The first kappa shape index (κ1) is 14.7. The Bertz CT molecular complexity index is 627. The second-order valence-corrected chi connectivity index (χ2v) is 6.54. The molecule has 0 aromatic heterocycles. The number of nitro groups is 1. The van der Waals surface area contributed by atoms with Gasteiger partial charge in [0.05, 0.1) is 9.82 Å². The highest BCUT2D eigenvalue weighted by molar-refractivity contribution is 7.89. The maximum atomic E-state index is 12.2. The smallest absolute Gasteiger partial charge is 0.293 e. The van der Waals surface area contributed by atoms with Crippen molar-refractivity contribution in [2.45, 2.75) is 30.7 Å². The van der Waals surface area contributed by atoms with Crippen LogP contribution in [-0.4, -0.2) is 19.4 Å². The molecule has 4 N–H and O–H groups in total. The number of hydrazine groups is 1. The first-order valence-electron chi connectivity index (χ1n) is 6.12. The summed E-state index contributed by atoms with van der Waals surface area (Å²) in [5.74, 6) is 5.56. The van der Waals surface area contributed by atoms with Gasteiger partial charge in [-0.25, -0.2) is 13.1 Å². The van der Waals surface area contributed by atoms with Crippen molar-refractivity contribution in [3.05, 3.63) is 28.3 Å². The highest BCUT2D eigenvalue weighted by atomic mass is 32.2. The molecule has 20 heavy (non-hydrogen) atoms. The summed E-state index contributed by atoms with van der Waals surface area (Å²) in [5, 5.41) is 10.8. The van der Waals surface area contributed by atoms with Crippen LogP contribution in [0.15, 0.2) is 23.1 Å². The van der Waals surface area contributed by atoms with Crippen molar-refractivity contribution in [1.29, 1.82) is 0 Å². The molecule has 1 aliphatic rings. The van der Waals surface area contributed by atoms with Gasteiger partial charge in [0.25, 0.3) is 5.69 Å². The zero-order valence-corrected chi connectivity index (χ0v) is 11.7. The molecule has 0 aliphatic heterocycles. The summed E-state index contributed by atoms with van der Waals surface area (Å²) in [5.41, 5.74) is 1.82. The van der Waals surface area contributed by atoms with Crippen LogP contribution < -0.4 is 16.0 Å². The number of nitrogens with two attached hydrogens (primary N) is 1. The van der Waals surface area contributed by atoms with Gasteiger partial charge in [0.2, 0.25) is 10.0 Å². The molecule has 1 atom stereocenters. The summed E-state index contributed by atoms with van der Waals surface area (Å²) >= 11 is 0. The van der Waals surface area contributed by atoms with Crippen molar-refractivity contribution in [2.75, 3.05) is 5.43 Å². The third-order valence-corrected chi connectivity index (χ3v) is 4.86. The fourth-order valence-corrected chi connectivity index (χ4v) is 3.30. The van der Waals surface area contributed by atoms with Crippen LogP contribution in [0, 0.1) is 16.0 Å². The van der Waals surface area contributed by atoms with Gasteiger partial charge in [-0.1, -0.05) is 0 Å². The van der Waals surface area contributed by atoms with E-state index in [1.54, 1.807) is 0 Å². The lowest BCUT2D eigenvalue weighted by Crippen LogP contribution is -2.34. The average molecular weight is 300 g/mol. The molecule has 2 rings (SSSR count). The van der Waals surface area contributed by atoms with Gasteiger partial charge in [-0.15, -0.1) is 0 Å². The minimum absolute atomic E-state index is 0.0445. The lowest BCUT2D eigenvalue weighted by molar-refractivity contribution is -0.384. The average Bonchev–Trinajstić information content (AvgIpc) is 3.21. The molecule has 0 saturated heterocycles. The molecule has 8 nitrogen and oxygen atoms in total. The molecule has 110 valence electrons. The monoisotopic (exact) mass is 300 g/mol. The largest absolute Gasteiger partial charge is 0.318 e. The highest BCUT2D eigenvalue weighted by Gasteiger charge is 2.31. The molecule has 0 bridgehead atoms. The number of anilines is 1. The van der Waals surface area contributed by atoms with Crippen LogP contribution in [0.3, 0.4) is 0 Å². The predicted molar refractivity (Wildman–Crippen MR) is 73.4 cm³/mol. The van der Waals surface area contributed by atoms with Crippen molar-refractivity contribution in [3.8, 4) is 0 Å². The number of nitrogens with zero attached hydrogens (tertiary/aromatic N) is 1. The Labute approximate surface area is 116 Å². The Balaban J connectivity index is 2.29. The molecular weight excluding hydrogens is 284 g/mol. The number of benzene rings is 1. The van der Waals surface area contributed by atoms with Crippen LogP contribution in [0.1, 0.15) is 19.8 Å². The number of hydrogen-bond donors (Lipinski definition) is 3. The van der Waals surface area contributed by atoms with E-state index in [9.17, 15) is 18.5 Å². The lowest BCUT2D eigenvalue weighted by Gasteiger charge is -2.13. The molecule has 1 aromatic carbocycles. The summed E-state index contributed by atoms with van der Waals surface area (Å²) in [7, 11) is -3.71. The standard InChI is InChI=1S/C11H16N4O4S/c1-7(8-2-3-8)14-20(18,19)9-4-5-11(15(16)17)10(6-9)13-12/h4-8,13-14H,2-3,12H2,1H3. The number of nitro benzene ring substituents is 1. The van der Waals surface area contributed by atoms with Crippen molar-refractivity contribution >= 4 is 21.4 Å². The van der Waals surface area contributed by atoms with Gasteiger partial charge in [-0.2, -0.15) is 0 Å². The maximum absolute atomic E-state index is 12.2. The Hall–Kier alpha value is -1.71. The Morgan fingerprint density at radius 1 is 1.45 bits per heavy atom. The first-order valence-corrected chi connectivity index (χ1v) is 7.61. The SMILES string of the molecule is CC(NS(=O)(=O)c1ccc([N+](=O)[O-])c(NN)c1)C1CC1. The maximum Gasteiger partial charge on any atom is 0.293 e. The van der Waals surface area contributed by atoms with E-state index in [1.165, 1.54) is 6.07 Å². The second kappa shape index (κ2) is 5.35. The van der Waals surface area contributed by atoms with Gasteiger partial charge in [0.1, 0.15) is 5.69 Å². The van der Waals surface area contributed by atoms with E-state index in [0.717, 1.165) is 25.0 Å². The minimum atomic E-state index is -3.71. The molecule has 1 unspecified atom stereocenters. The molecule has 0 amide bonds. The molecule has 1 fully saturated rings. The fraction of sp³-hybridized carbons (Fsp3) is 0.455. The van der Waals surface area contributed by atoms with E-state index in [0.29, 0.717) is 5.92 Å². The summed E-state index contributed by atoms with van der Waals surface area (Å²) in [4.78, 5) is 10.1. The topological polar surface area (TPSA) is 127 Å². The molecule has 0 heterocycles. The summed E-state index contributed by atoms with van der Waals surface area (Å²) in [6.45, 7) is 1.81. The van der Waals surface area contributed by atoms with E-state index in [-0.39, 0.29) is 22.3 Å². The number of hydrogen-bond acceptors (Lipinski definition) is 6. The van der Waals surface area contributed by atoms with E-state index >= 15 is 0 Å². The van der Waals surface area contributed by atoms with Gasteiger partial charge < -0.3 is 5.43 Å². The van der Waals surface area contributed by atoms with E-state index in [1.807, 2.05) is 6.92 Å². The Kier molecular flexibility index (Phi) is 3.93. The lowest BCUT2D eigenvalue weighted by atomic mass is 10.2. The van der Waals surface area contributed by atoms with Crippen LogP contribution in [0.2, 0.25) is 0 Å². The number of nitrogen functional groups attached to an aromatic ring is 1. The van der Waals surface area contributed by atoms with Crippen LogP contribution in [0.25, 0.3) is 0 Å². The van der Waals surface area contributed by atoms with Crippen LogP contribution in [0.4, 0.5) is 11.4 Å². The molecule has 1 aromatic rings. The summed E-state index contributed by atoms with van der Waals surface area (Å²) in [6.07, 6.45) is 2.03. The zero-order valence-electron chi connectivity index (χ0n) is 10.9.